The lowest BCUT2D eigenvalue weighted by atomic mass is 10.1. The van der Waals surface area contributed by atoms with E-state index in [4.69, 9.17) is 4.74 Å². The van der Waals surface area contributed by atoms with Crippen LogP contribution in [0, 0.1) is 18.3 Å². The maximum absolute atomic E-state index is 13.3. The summed E-state index contributed by atoms with van der Waals surface area (Å²) in [5, 5.41) is 9.50. The molecule has 1 fully saturated rings. The summed E-state index contributed by atoms with van der Waals surface area (Å²) in [4.78, 5) is 27.1. The number of ether oxygens (including phenoxy) is 1. The van der Waals surface area contributed by atoms with Gasteiger partial charge in [0, 0.05) is 10.2 Å². The highest BCUT2D eigenvalue weighted by Crippen LogP contribution is 2.42. The van der Waals surface area contributed by atoms with Gasteiger partial charge in [0.05, 0.1) is 11.9 Å². The molecule has 1 atom stereocenters. The maximum atomic E-state index is 13.3. The van der Waals surface area contributed by atoms with Crippen LogP contribution in [0.5, 0.6) is 0 Å². The lowest BCUT2D eigenvalue weighted by Gasteiger charge is -2.18. The zero-order chi connectivity index (χ0) is 21.0. The molecule has 7 heteroatoms. The van der Waals surface area contributed by atoms with Crippen molar-refractivity contribution < 1.29 is 14.3 Å². The molecule has 1 saturated heterocycles. The fourth-order valence-electron chi connectivity index (χ4n) is 2.94. The summed E-state index contributed by atoms with van der Waals surface area (Å²) in [6.07, 6.45) is 0.502. The topological polar surface area (TPSA) is 70.4 Å². The Hall–Kier alpha value is -2.56. The lowest BCUT2D eigenvalue weighted by Crippen LogP contribution is -2.30. The summed E-state index contributed by atoms with van der Waals surface area (Å²) in [6.45, 7) is 3.84. The molecule has 1 amide bonds. The molecule has 2 aromatic carbocycles. The Morgan fingerprint density at radius 2 is 1.86 bits per heavy atom. The molecule has 0 radical (unpaired) electrons. The average molecular weight is 471 g/mol. The number of halogens is 1. The molecule has 0 spiro atoms. The zero-order valence-electron chi connectivity index (χ0n) is 16.0. The highest BCUT2D eigenvalue weighted by Gasteiger charge is 2.41. The van der Waals surface area contributed by atoms with Crippen LogP contribution in [0.2, 0.25) is 0 Å². The van der Waals surface area contributed by atoms with Crippen LogP contribution in [0.25, 0.3) is 0 Å². The van der Waals surface area contributed by atoms with Crippen LogP contribution in [0.1, 0.15) is 18.1 Å². The molecule has 5 nitrogen and oxygen atoms in total. The van der Waals surface area contributed by atoms with Gasteiger partial charge in [0.1, 0.15) is 11.1 Å². The maximum Gasteiger partial charge on any atom is 0.351 e. The summed E-state index contributed by atoms with van der Waals surface area (Å²) in [7, 11) is 0. The summed E-state index contributed by atoms with van der Waals surface area (Å²) in [5.74, 6) is -0.881. The summed E-state index contributed by atoms with van der Waals surface area (Å²) in [6, 6.07) is 17.1. The van der Waals surface area contributed by atoms with Gasteiger partial charge in [0.2, 0.25) is 5.91 Å². The van der Waals surface area contributed by atoms with Crippen LogP contribution < -0.4 is 4.90 Å². The molecule has 0 aliphatic carbocycles. The largest absolute Gasteiger partial charge is 0.462 e. The molecule has 29 heavy (non-hydrogen) atoms. The molecule has 3 rings (SSSR count). The molecule has 148 valence electrons. The lowest BCUT2D eigenvalue weighted by molar-refractivity contribution is -0.138. The Morgan fingerprint density at radius 3 is 2.45 bits per heavy atom. The second-order valence-electron chi connectivity index (χ2n) is 6.46. The number of nitrogens with zero attached hydrogens (tertiary/aromatic N) is 2. The molecule has 0 bridgehead atoms. The Kier molecular flexibility index (Phi) is 6.78. The summed E-state index contributed by atoms with van der Waals surface area (Å²) in [5.41, 5.74) is 2.61. The fourth-order valence-corrected chi connectivity index (χ4v) is 4.50. The van der Waals surface area contributed by atoms with E-state index in [9.17, 15) is 14.9 Å². The Bertz CT molecular complexity index is 994. The van der Waals surface area contributed by atoms with Crippen molar-refractivity contribution in [2.24, 2.45) is 0 Å². The van der Waals surface area contributed by atoms with Gasteiger partial charge < -0.3 is 4.74 Å². The Balaban J connectivity index is 2.02. The van der Waals surface area contributed by atoms with Gasteiger partial charge in [0.15, 0.2) is 5.57 Å². The number of hydrogen-bond donors (Lipinski definition) is 0. The third-order valence-electron chi connectivity index (χ3n) is 4.38. The third-order valence-corrected chi connectivity index (χ3v) is 6.18. The normalized spacial score (nSPS) is 17.8. The number of carbonyl (C=O) groups is 2. The number of rotatable bonds is 5. The van der Waals surface area contributed by atoms with Crippen molar-refractivity contribution in [1.29, 1.82) is 5.26 Å². The number of anilines is 1. The first-order valence-corrected chi connectivity index (χ1v) is 10.7. The minimum absolute atomic E-state index is 0.153. The molecule has 1 aliphatic heterocycles. The van der Waals surface area contributed by atoms with Crippen LogP contribution in [-0.2, 0) is 20.7 Å². The molecular formula is C22H19BrN2O3S. The van der Waals surface area contributed by atoms with E-state index in [1.165, 1.54) is 16.7 Å². The highest BCUT2D eigenvalue weighted by molar-refractivity contribution is 9.10. The Labute approximate surface area is 182 Å². The molecular weight excluding hydrogens is 452 g/mol. The first kappa shape index (κ1) is 21.2. The number of benzene rings is 2. The quantitative estimate of drug-likeness (QED) is 0.358. The van der Waals surface area contributed by atoms with Crippen LogP contribution in [0.15, 0.2) is 63.6 Å². The number of nitriles is 1. The number of amides is 1. The SMILES string of the molecule is CCOC(=O)/C(C#N)=C1\S[C@@H](Cc2ccc(C)cc2)C(=O)N1c1ccc(Br)cc1. The minimum Gasteiger partial charge on any atom is -0.462 e. The zero-order valence-corrected chi connectivity index (χ0v) is 18.4. The van der Waals surface area contributed by atoms with Gasteiger partial charge in [-0.15, -0.1) is 0 Å². The number of aryl methyl sites for hydroxylation is 1. The summed E-state index contributed by atoms with van der Waals surface area (Å²) >= 11 is 4.62. The van der Waals surface area contributed by atoms with Gasteiger partial charge in [-0.1, -0.05) is 57.5 Å². The van der Waals surface area contributed by atoms with Crippen molar-refractivity contribution in [3.63, 3.8) is 0 Å². The van der Waals surface area contributed by atoms with Crippen LogP contribution in [-0.4, -0.2) is 23.7 Å². The smallest absolute Gasteiger partial charge is 0.351 e. The van der Waals surface area contributed by atoms with E-state index in [0.29, 0.717) is 17.1 Å². The first-order valence-electron chi connectivity index (χ1n) is 9.07. The van der Waals surface area contributed by atoms with Gasteiger partial charge >= 0.3 is 5.97 Å². The average Bonchev–Trinajstić information content (AvgIpc) is 3.01. The van der Waals surface area contributed by atoms with Crippen LogP contribution in [0.4, 0.5) is 5.69 Å². The molecule has 0 saturated carbocycles. The van der Waals surface area contributed by atoms with Crippen molar-refractivity contribution in [3.05, 3.63) is 74.7 Å². The van der Waals surface area contributed by atoms with E-state index in [0.717, 1.165) is 15.6 Å². The van der Waals surface area contributed by atoms with E-state index in [-0.39, 0.29) is 18.1 Å². The highest BCUT2D eigenvalue weighted by atomic mass is 79.9. The standard InChI is InChI=1S/C22H19BrN2O3S/c1-3-28-22(27)18(13-24)21-25(17-10-8-16(23)9-11-17)20(26)19(29-21)12-15-6-4-14(2)5-7-15/h4-11,19H,3,12H2,1-2H3/b21-18-/t19-/m0/s1. The third kappa shape index (κ3) is 4.72. The van der Waals surface area contributed by atoms with Gasteiger partial charge in [-0.3, -0.25) is 9.69 Å². The van der Waals surface area contributed by atoms with Gasteiger partial charge in [-0.05, 0) is 50.1 Å². The van der Waals surface area contributed by atoms with Gasteiger partial charge in [0.25, 0.3) is 0 Å². The predicted molar refractivity (Wildman–Crippen MR) is 117 cm³/mol. The molecule has 0 N–H and O–H groups in total. The monoisotopic (exact) mass is 470 g/mol. The van der Waals surface area contributed by atoms with E-state index < -0.39 is 11.2 Å². The molecule has 1 heterocycles. The summed E-state index contributed by atoms with van der Waals surface area (Å²) < 4.78 is 5.90. The predicted octanol–water partition coefficient (Wildman–Crippen LogP) is 4.75. The number of carbonyl (C=O) groups excluding carboxylic acids is 2. The van der Waals surface area contributed by atoms with Crippen molar-refractivity contribution in [2.75, 3.05) is 11.5 Å². The number of esters is 1. The van der Waals surface area contributed by atoms with E-state index >= 15 is 0 Å². The second kappa shape index (κ2) is 9.29. The molecule has 0 aromatic heterocycles. The molecule has 1 aliphatic rings. The molecule has 2 aromatic rings. The van der Waals surface area contributed by atoms with Gasteiger partial charge in [-0.25, -0.2) is 4.79 Å². The number of hydrogen-bond acceptors (Lipinski definition) is 5. The number of thioether (sulfide) groups is 1. The second-order valence-corrected chi connectivity index (χ2v) is 8.57. The Morgan fingerprint density at radius 1 is 1.21 bits per heavy atom. The van der Waals surface area contributed by atoms with Crippen molar-refractivity contribution >= 4 is 45.3 Å². The van der Waals surface area contributed by atoms with Crippen molar-refractivity contribution in [2.45, 2.75) is 25.5 Å². The van der Waals surface area contributed by atoms with E-state index in [2.05, 4.69) is 15.9 Å². The minimum atomic E-state index is -0.719. The van der Waals surface area contributed by atoms with Crippen LogP contribution >= 0.6 is 27.7 Å². The fraction of sp³-hybridized carbons (Fsp3) is 0.227. The van der Waals surface area contributed by atoms with E-state index in [1.807, 2.05) is 49.4 Å². The van der Waals surface area contributed by atoms with Gasteiger partial charge in [-0.2, -0.15) is 5.26 Å². The van der Waals surface area contributed by atoms with Crippen molar-refractivity contribution in [3.8, 4) is 6.07 Å². The van der Waals surface area contributed by atoms with E-state index in [1.54, 1.807) is 19.1 Å². The molecule has 0 unspecified atom stereocenters. The van der Waals surface area contributed by atoms with Crippen molar-refractivity contribution in [1.82, 2.24) is 0 Å². The van der Waals surface area contributed by atoms with Crippen LogP contribution in [0.3, 0.4) is 0 Å². The first-order chi connectivity index (χ1) is 13.9.